The molecule has 4 aromatic rings. The smallest absolute Gasteiger partial charge is 0.276 e. The van der Waals surface area contributed by atoms with Crippen molar-refractivity contribution in [2.75, 3.05) is 5.32 Å². The zero-order chi connectivity index (χ0) is 17.8. The fourth-order valence-electron chi connectivity index (χ4n) is 2.67. The first-order chi connectivity index (χ1) is 12.8. The van der Waals surface area contributed by atoms with Crippen LogP contribution < -0.4 is 5.32 Å². The van der Waals surface area contributed by atoms with Crippen molar-refractivity contribution in [3.63, 3.8) is 0 Å². The number of amides is 1. The molecule has 0 saturated heterocycles. The highest BCUT2D eigenvalue weighted by Gasteiger charge is 2.13. The average molecular weight is 337 g/mol. The van der Waals surface area contributed by atoms with Gasteiger partial charge in [0, 0.05) is 22.2 Å². The van der Waals surface area contributed by atoms with Gasteiger partial charge in [0.15, 0.2) is 5.69 Å². The Labute approximate surface area is 150 Å². The van der Waals surface area contributed by atoms with Gasteiger partial charge in [-0.15, -0.1) is 0 Å². The number of nitrogens with one attached hydrogen (secondary N) is 2. The minimum Gasteiger partial charge on any atom is -0.321 e. The summed E-state index contributed by atoms with van der Waals surface area (Å²) in [7, 11) is 0. The summed E-state index contributed by atoms with van der Waals surface area (Å²) in [6.07, 6.45) is 0. The second-order valence-electron chi connectivity index (χ2n) is 5.77. The van der Waals surface area contributed by atoms with Crippen molar-refractivity contribution < 1.29 is 4.79 Å². The van der Waals surface area contributed by atoms with Crippen molar-refractivity contribution in [2.24, 2.45) is 0 Å². The number of anilines is 1. The number of fused-ring (bicyclic) bond motifs is 1. The fraction of sp³-hybridized carbons (Fsp3) is 0. The summed E-state index contributed by atoms with van der Waals surface area (Å²) >= 11 is 0. The van der Waals surface area contributed by atoms with Crippen LogP contribution in [0.1, 0.15) is 21.6 Å². The van der Waals surface area contributed by atoms with Crippen LogP contribution in [-0.2, 0) is 0 Å². The summed E-state index contributed by atoms with van der Waals surface area (Å²) in [6, 6.07) is 24.8. The van der Waals surface area contributed by atoms with Crippen molar-refractivity contribution in [2.45, 2.75) is 0 Å². The maximum Gasteiger partial charge on any atom is 0.276 e. The Bertz CT molecular complexity index is 1130. The predicted molar refractivity (Wildman–Crippen MR) is 103 cm³/mol. The second-order valence-corrected chi connectivity index (χ2v) is 5.77. The highest BCUT2D eigenvalue weighted by Crippen LogP contribution is 2.17. The summed E-state index contributed by atoms with van der Waals surface area (Å²) < 4.78 is 0. The number of hydrogen-bond donors (Lipinski definition) is 2. The zero-order valence-corrected chi connectivity index (χ0v) is 13.9. The molecule has 26 heavy (non-hydrogen) atoms. The Morgan fingerprint density at radius 3 is 2.46 bits per heavy atom. The quantitative estimate of drug-likeness (QED) is 0.538. The van der Waals surface area contributed by atoms with Crippen molar-refractivity contribution in [3.8, 4) is 11.8 Å². The number of rotatable bonds is 2. The topological polar surface area (TPSA) is 57.8 Å². The third-order valence-corrected chi connectivity index (χ3v) is 3.93. The molecule has 0 bridgehead atoms. The van der Waals surface area contributed by atoms with Gasteiger partial charge < -0.3 is 5.32 Å². The number of para-hydroxylation sites is 1. The highest BCUT2D eigenvalue weighted by atomic mass is 16.1. The third kappa shape index (κ3) is 3.33. The van der Waals surface area contributed by atoms with Gasteiger partial charge in [-0.3, -0.25) is 9.89 Å². The molecule has 4 rings (SSSR count). The standard InChI is InChI=1S/C22H15N3O/c26-22(21-19-11-4-5-12-20(19)24-25-21)23-18-10-6-9-17(15-18)14-13-16-7-2-1-3-8-16/h1-12,15H,(H,23,26)(H,24,25). The summed E-state index contributed by atoms with van der Waals surface area (Å²) in [5.74, 6) is 5.97. The van der Waals surface area contributed by atoms with E-state index < -0.39 is 0 Å². The lowest BCUT2D eigenvalue weighted by molar-refractivity contribution is 0.102. The van der Waals surface area contributed by atoms with Gasteiger partial charge in [0.1, 0.15) is 0 Å². The molecule has 0 radical (unpaired) electrons. The average Bonchev–Trinajstić information content (AvgIpc) is 3.12. The van der Waals surface area contributed by atoms with Crippen LogP contribution in [0.5, 0.6) is 0 Å². The van der Waals surface area contributed by atoms with E-state index in [2.05, 4.69) is 27.4 Å². The molecule has 1 heterocycles. The normalized spacial score (nSPS) is 10.2. The van der Waals surface area contributed by atoms with E-state index in [9.17, 15) is 4.79 Å². The Kier molecular flexibility index (Phi) is 4.19. The molecule has 0 atom stereocenters. The summed E-state index contributed by atoms with van der Waals surface area (Å²) in [5, 5.41) is 10.7. The van der Waals surface area contributed by atoms with Crippen LogP contribution in [0.2, 0.25) is 0 Å². The molecule has 2 N–H and O–H groups in total. The number of hydrogen-bond acceptors (Lipinski definition) is 2. The lowest BCUT2D eigenvalue weighted by Gasteiger charge is -2.04. The first kappa shape index (κ1) is 15.7. The number of nitrogens with zero attached hydrogens (tertiary/aromatic N) is 1. The number of carbonyl (C=O) groups is 1. The SMILES string of the molecule is O=C(Nc1cccc(C#Cc2ccccc2)c1)c1n[nH]c2ccccc12. The Morgan fingerprint density at radius 1 is 0.846 bits per heavy atom. The van der Waals surface area contributed by atoms with Gasteiger partial charge in [-0.2, -0.15) is 5.10 Å². The van der Waals surface area contributed by atoms with Crippen LogP contribution in [0, 0.1) is 11.8 Å². The molecule has 0 aliphatic heterocycles. The molecule has 0 unspecified atom stereocenters. The summed E-state index contributed by atoms with van der Waals surface area (Å²) in [6.45, 7) is 0. The molecular weight excluding hydrogens is 322 g/mol. The van der Waals surface area contributed by atoms with Gasteiger partial charge >= 0.3 is 0 Å². The minimum atomic E-state index is -0.254. The lowest BCUT2D eigenvalue weighted by Crippen LogP contribution is -2.12. The number of carbonyl (C=O) groups excluding carboxylic acids is 1. The van der Waals surface area contributed by atoms with Gasteiger partial charge in [0.2, 0.25) is 0 Å². The first-order valence-electron chi connectivity index (χ1n) is 8.21. The van der Waals surface area contributed by atoms with Crippen LogP contribution in [0.3, 0.4) is 0 Å². The molecule has 124 valence electrons. The van der Waals surface area contributed by atoms with Gasteiger partial charge in [-0.25, -0.2) is 0 Å². The molecular formula is C22H15N3O. The van der Waals surface area contributed by atoms with Crippen molar-refractivity contribution >= 4 is 22.5 Å². The van der Waals surface area contributed by atoms with E-state index in [0.717, 1.165) is 22.0 Å². The molecule has 4 nitrogen and oxygen atoms in total. The monoisotopic (exact) mass is 337 g/mol. The first-order valence-corrected chi connectivity index (χ1v) is 8.21. The molecule has 0 aliphatic carbocycles. The predicted octanol–water partition coefficient (Wildman–Crippen LogP) is 4.22. The maximum absolute atomic E-state index is 12.6. The fourth-order valence-corrected chi connectivity index (χ4v) is 2.67. The molecule has 0 spiro atoms. The van der Waals surface area contributed by atoms with Crippen molar-refractivity contribution in [1.82, 2.24) is 10.2 Å². The van der Waals surface area contributed by atoms with Gasteiger partial charge in [0.05, 0.1) is 5.52 Å². The number of benzene rings is 3. The maximum atomic E-state index is 12.6. The van der Waals surface area contributed by atoms with Crippen molar-refractivity contribution in [1.29, 1.82) is 0 Å². The van der Waals surface area contributed by atoms with E-state index in [-0.39, 0.29) is 5.91 Å². The van der Waals surface area contributed by atoms with Gasteiger partial charge in [-0.05, 0) is 36.4 Å². The van der Waals surface area contributed by atoms with Crippen LogP contribution in [0.4, 0.5) is 5.69 Å². The van der Waals surface area contributed by atoms with E-state index in [4.69, 9.17) is 0 Å². The van der Waals surface area contributed by atoms with E-state index in [1.54, 1.807) is 0 Å². The van der Waals surface area contributed by atoms with E-state index >= 15 is 0 Å². The Hall–Kier alpha value is -3.84. The van der Waals surface area contributed by atoms with E-state index in [1.807, 2.05) is 78.9 Å². The highest BCUT2D eigenvalue weighted by molar-refractivity contribution is 6.11. The molecule has 3 aromatic carbocycles. The van der Waals surface area contributed by atoms with E-state index in [0.29, 0.717) is 11.4 Å². The molecule has 0 fully saturated rings. The second kappa shape index (κ2) is 6.96. The molecule has 1 aromatic heterocycles. The van der Waals surface area contributed by atoms with E-state index in [1.165, 1.54) is 0 Å². The van der Waals surface area contributed by atoms with Gasteiger partial charge in [-0.1, -0.05) is 54.3 Å². The Balaban J connectivity index is 1.56. The zero-order valence-electron chi connectivity index (χ0n) is 13.9. The van der Waals surface area contributed by atoms with Crippen LogP contribution in [0.25, 0.3) is 10.9 Å². The lowest BCUT2D eigenvalue weighted by atomic mass is 10.1. The number of aromatic amines is 1. The molecule has 0 aliphatic rings. The van der Waals surface area contributed by atoms with Crippen LogP contribution in [0.15, 0.2) is 78.9 Å². The minimum absolute atomic E-state index is 0.254. The van der Waals surface area contributed by atoms with Crippen LogP contribution >= 0.6 is 0 Å². The molecule has 1 amide bonds. The summed E-state index contributed by atoms with van der Waals surface area (Å²) in [5.41, 5.74) is 3.67. The molecule has 0 saturated carbocycles. The summed E-state index contributed by atoms with van der Waals surface area (Å²) in [4.78, 5) is 12.6. The van der Waals surface area contributed by atoms with Crippen LogP contribution in [-0.4, -0.2) is 16.1 Å². The number of aromatic nitrogens is 2. The Morgan fingerprint density at radius 2 is 1.58 bits per heavy atom. The van der Waals surface area contributed by atoms with Crippen molar-refractivity contribution in [3.05, 3.63) is 95.7 Å². The molecule has 4 heteroatoms. The third-order valence-electron chi connectivity index (χ3n) is 3.93. The number of H-pyrrole nitrogens is 1. The largest absolute Gasteiger partial charge is 0.321 e. The van der Waals surface area contributed by atoms with Gasteiger partial charge in [0.25, 0.3) is 5.91 Å².